The lowest BCUT2D eigenvalue weighted by atomic mass is 9.81. The number of aliphatic hydroxyl groups excluding tert-OH is 1. The average molecular weight is 254 g/mol. The quantitative estimate of drug-likeness (QED) is 0.766. The second-order valence-corrected chi connectivity index (χ2v) is 6.05. The number of carbonyl (C=O) groups excluding carboxylic acids is 2. The van der Waals surface area contributed by atoms with E-state index in [0.29, 0.717) is 32.5 Å². The Morgan fingerprint density at radius 1 is 1.44 bits per heavy atom. The first-order valence-electron chi connectivity index (χ1n) is 6.64. The SMILES string of the molecule is CC1(C)CN(CC(=O)N2CCCC2=O)CCC1O. The lowest BCUT2D eigenvalue weighted by molar-refractivity contribution is -0.143. The van der Waals surface area contributed by atoms with Crippen LogP contribution in [0.15, 0.2) is 0 Å². The summed E-state index contributed by atoms with van der Waals surface area (Å²) in [5.41, 5.74) is -0.187. The molecule has 0 spiro atoms. The summed E-state index contributed by atoms with van der Waals surface area (Å²) in [5.74, 6) is -0.138. The Morgan fingerprint density at radius 3 is 2.72 bits per heavy atom. The molecule has 2 aliphatic heterocycles. The number of imide groups is 1. The van der Waals surface area contributed by atoms with Crippen molar-refractivity contribution in [3.63, 3.8) is 0 Å². The number of carbonyl (C=O) groups is 2. The Morgan fingerprint density at radius 2 is 2.17 bits per heavy atom. The van der Waals surface area contributed by atoms with Crippen molar-refractivity contribution in [1.82, 2.24) is 9.80 Å². The van der Waals surface area contributed by atoms with E-state index in [9.17, 15) is 14.7 Å². The highest BCUT2D eigenvalue weighted by Gasteiger charge is 2.36. The van der Waals surface area contributed by atoms with E-state index in [2.05, 4.69) is 0 Å². The third-order valence-electron chi connectivity index (χ3n) is 3.99. The highest BCUT2D eigenvalue weighted by atomic mass is 16.3. The second-order valence-electron chi connectivity index (χ2n) is 6.05. The summed E-state index contributed by atoms with van der Waals surface area (Å²) in [6, 6.07) is 0. The van der Waals surface area contributed by atoms with E-state index in [4.69, 9.17) is 0 Å². The van der Waals surface area contributed by atoms with Gasteiger partial charge in [0.15, 0.2) is 0 Å². The van der Waals surface area contributed by atoms with Crippen molar-refractivity contribution in [2.24, 2.45) is 5.41 Å². The van der Waals surface area contributed by atoms with Gasteiger partial charge in [-0.3, -0.25) is 19.4 Å². The largest absolute Gasteiger partial charge is 0.392 e. The van der Waals surface area contributed by atoms with E-state index in [1.54, 1.807) is 0 Å². The van der Waals surface area contributed by atoms with E-state index in [0.717, 1.165) is 13.0 Å². The number of aliphatic hydroxyl groups is 1. The molecule has 2 fully saturated rings. The van der Waals surface area contributed by atoms with Crippen molar-refractivity contribution in [2.75, 3.05) is 26.2 Å². The summed E-state index contributed by atoms with van der Waals surface area (Å²) < 4.78 is 0. The Kier molecular flexibility index (Phi) is 3.73. The van der Waals surface area contributed by atoms with Gasteiger partial charge in [-0.05, 0) is 12.8 Å². The predicted molar refractivity (Wildman–Crippen MR) is 66.8 cm³/mol. The minimum atomic E-state index is -0.308. The Hall–Kier alpha value is -0.940. The van der Waals surface area contributed by atoms with Gasteiger partial charge in [0.25, 0.3) is 0 Å². The summed E-state index contributed by atoms with van der Waals surface area (Å²) in [6.45, 7) is 6.30. The topological polar surface area (TPSA) is 60.9 Å². The fraction of sp³-hybridized carbons (Fsp3) is 0.846. The minimum Gasteiger partial charge on any atom is -0.392 e. The van der Waals surface area contributed by atoms with Gasteiger partial charge in [0, 0.05) is 31.5 Å². The molecule has 2 aliphatic rings. The molecular weight excluding hydrogens is 232 g/mol. The summed E-state index contributed by atoms with van der Waals surface area (Å²) in [7, 11) is 0. The monoisotopic (exact) mass is 254 g/mol. The molecule has 2 amide bonds. The van der Waals surface area contributed by atoms with Crippen LogP contribution >= 0.6 is 0 Å². The van der Waals surface area contributed by atoms with Crippen LogP contribution in [-0.4, -0.2) is 59.0 Å². The summed E-state index contributed by atoms with van der Waals surface area (Å²) >= 11 is 0. The molecular formula is C13H22N2O3. The van der Waals surface area contributed by atoms with Gasteiger partial charge < -0.3 is 5.11 Å². The summed E-state index contributed by atoms with van der Waals surface area (Å²) in [6.07, 6.45) is 1.66. The van der Waals surface area contributed by atoms with Gasteiger partial charge in [0.2, 0.25) is 11.8 Å². The van der Waals surface area contributed by atoms with Gasteiger partial charge in [-0.15, -0.1) is 0 Å². The Labute approximate surface area is 108 Å². The van der Waals surface area contributed by atoms with Crippen LogP contribution in [0.3, 0.4) is 0 Å². The average Bonchev–Trinajstić information content (AvgIpc) is 2.69. The molecule has 2 saturated heterocycles. The van der Waals surface area contributed by atoms with Crippen LogP contribution in [0.4, 0.5) is 0 Å². The number of hydrogen-bond acceptors (Lipinski definition) is 4. The number of likely N-dealkylation sites (tertiary alicyclic amines) is 2. The summed E-state index contributed by atoms with van der Waals surface area (Å²) in [4.78, 5) is 26.9. The van der Waals surface area contributed by atoms with Crippen molar-refractivity contribution in [3.8, 4) is 0 Å². The van der Waals surface area contributed by atoms with Gasteiger partial charge in [-0.25, -0.2) is 0 Å². The van der Waals surface area contributed by atoms with E-state index in [-0.39, 0.29) is 23.3 Å². The standard InChI is InChI=1S/C13H22N2O3/c1-13(2)9-14(7-5-10(13)16)8-12(18)15-6-3-4-11(15)17/h10,16H,3-9H2,1-2H3. The number of rotatable bonds is 2. The maximum absolute atomic E-state index is 12.0. The van der Waals surface area contributed by atoms with Gasteiger partial charge in [0.1, 0.15) is 0 Å². The van der Waals surface area contributed by atoms with Crippen molar-refractivity contribution >= 4 is 11.8 Å². The summed E-state index contributed by atoms with van der Waals surface area (Å²) in [5, 5.41) is 9.87. The molecule has 1 unspecified atom stereocenters. The third-order valence-corrected chi connectivity index (χ3v) is 3.99. The normalized spacial score (nSPS) is 28.7. The zero-order valence-corrected chi connectivity index (χ0v) is 11.2. The molecule has 5 heteroatoms. The van der Waals surface area contributed by atoms with Crippen molar-refractivity contribution in [3.05, 3.63) is 0 Å². The smallest absolute Gasteiger partial charge is 0.243 e. The highest BCUT2D eigenvalue weighted by molar-refractivity contribution is 5.97. The fourth-order valence-electron chi connectivity index (χ4n) is 2.78. The van der Waals surface area contributed by atoms with Crippen LogP contribution in [0.25, 0.3) is 0 Å². The third kappa shape index (κ3) is 2.72. The van der Waals surface area contributed by atoms with E-state index < -0.39 is 0 Å². The number of hydrogen-bond donors (Lipinski definition) is 1. The zero-order chi connectivity index (χ0) is 13.3. The lowest BCUT2D eigenvalue weighted by Gasteiger charge is -2.41. The van der Waals surface area contributed by atoms with Crippen LogP contribution in [0, 0.1) is 5.41 Å². The van der Waals surface area contributed by atoms with Crippen molar-refractivity contribution in [1.29, 1.82) is 0 Å². The number of nitrogens with zero attached hydrogens (tertiary/aromatic N) is 2. The molecule has 18 heavy (non-hydrogen) atoms. The molecule has 0 radical (unpaired) electrons. The number of piperidine rings is 1. The molecule has 0 bridgehead atoms. The molecule has 0 aromatic heterocycles. The fourth-order valence-corrected chi connectivity index (χ4v) is 2.78. The Bertz CT molecular complexity index is 354. The molecule has 0 aliphatic carbocycles. The van der Waals surface area contributed by atoms with Crippen LogP contribution in [0.5, 0.6) is 0 Å². The molecule has 0 saturated carbocycles. The first kappa shape index (κ1) is 13.5. The molecule has 102 valence electrons. The predicted octanol–water partition coefficient (Wildman–Crippen LogP) is 0.228. The van der Waals surface area contributed by atoms with Gasteiger partial charge in [-0.2, -0.15) is 0 Å². The van der Waals surface area contributed by atoms with Gasteiger partial charge in [-0.1, -0.05) is 13.8 Å². The van der Waals surface area contributed by atoms with Crippen LogP contribution < -0.4 is 0 Å². The second kappa shape index (κ2) is 4.97. The maximum Gasteiger partial charge on any atom is 0.243 e. The molecule has 0 aromatic rings. The molecule has 5 nitrogen and oxygen atoms in total. The van der Waals surface area contributed by atoms with Gasteiger partial charge >= 0.3 is 0 Å². The first-order valence-corrected chi connectivity index (χ1v) is 6.64. The van der Waals surface area contributed by atoms with Crippen molar-refractivity contribution in [2.45, 2.75) is 39.2 Å². The van der Waals surface area contributed by atoms with Crippen LogP contribution in [0.1, 0.15) is 33.1 Å². The van der Waals surface area contributed by atoms with Crippen LogP contribution in [-0.2, 0) is 9.59 Å². The molecule has 0 aromatic carbocycles. The van der Waals surface area contributed by atoms with Gasteiger partial charge in [0.05, 0.1) is 12.6 Å². The molecule has 2 rings (SSSR count). The Balaban J connectivity index is 1.90. The lowest BCUT2D eigenvalue weighted by Crippen LogP contribution is -2.51. The molecule has 2 heterocycles. The van der Waals surface area contributed by atoms with E-state index in [1.807, 2.05) is 18.7 Å². The molecule has 1 N–H and O–H groups in total. The molecule has 1 atom stereocenters. The first-order chi connectivity index (χ1) is 8.40. The number of amides is 2. The minimum absolute atomic E-state index is 0.0451. The van der Waals surface area contributed by atoms with E-state index >= 15 is 0 Å². The van der Waals surface area contributed by atoms with E-state index in [1.165, 1.54) is 4.90 Å². The van der Waals surface area contributed by atoms with Crippen molar-refractivity contribution < 1.29 is 14.7 Å². The maximum atomic E-state index is 12.0. The highest BCUT2D eigenvalue weighted by Crippen LogP contribution is 2.29. The zero-order valence-electron chi connectivity index (χ0n) is 11.2. The van der Waals surface area contributed by atoms with Crippen LogP contribution in [0.2, 0.25) is 0 Å².